The van der Waals surface area contributed by atoms with Crippen LogP contribution >= 0.6 is 0 Å². The first kappa shape index (κ1) is 17.3. The fraction of sp³-hybridized carbons (Fsp3) is 0.250. The Labute approximate surface area is 146 Å². The molecule has 25 heavy (non-hydrogen) atoms. The fourth-order valence-electron chi connectivity index (χ4n) is 2.87. The lowest BCUT2D eigenvalue weighted by Crippen LogP contribution is -2.25. The van der Waals surface area contributed by atoms with Crippen LogP contribution in [0.5, 0.6) is 0 Å². The molecular weight excluding hydrogens is 317 g/mol. The summed E-state index contributed by atoms with van der Waals surface area (Å²) in [6, 6.07) is 14.6. The average Bonchev–Trinajstić information content (AvgIpc) is 3.14. The van der Waals surface area contributed by atoms with Crippen molar-refractivity contribution in [2.24, 2.45) is 0 Å². The van der Waals surface area contributed by atoms with Gasteiger partial charge in [-0.2, -0.15) is 5.10 Å². The van der Waals surface area contributed by atoms with Crippen LogP contribution in [0.4, 0.5) is 4.39 Å². The number of benzene rings is 2. The lowest BCUT2D eigenvalue weighted by atomic mass is 10.0. The van der Waals surface area contributed by atoms with Crippen molar-refractivity contribution in [3.05, 3.63) is 83.4 Å². The van der Waals surface area contributed by atoms with E-state index in [9.17, 15) is 9.50 Å². The van der Waals surface area contributed by atoms with Gasteiger partial charge in [0.15, 0.2) is 0 Å². The monoisotopic (exact) mass is 339 g/mol. The average molecular weight is 339 g/mol. The molecule has 0 spiro atoms. The number of nitrogens with zero attached hydrogens (tertiary/aromatic N) is 2. The summed E-state index contributed by atoms with van der Waals surface area (Å²) < 4.78 is 15.0. The molecule has 4 nitrogen and oxygen atoms in total. The molecule has 0 saturated carbocycles. The molecule has 0 radical (unpaired) electrons. The maximum absolute atomic E-state index is 13.2. The van der Waals surface area contributed by atoms with Gasteiger partial charge in [0.1, 0.15) is 5.82 Å². The highest BCUT2D eigenvalue weighted by molar-refractivity contribution is 5.35. The molecule has 0 fully saturated rings. The molecule has 3 aromatic rings. The Hall–Kier alpha value is -2.50. The zero-order chi connectivity index (χ0) is 17.8. The summed E-state index contributed by atoms with van der Waals surface area (Å²) in [4.78, 5) is 0. The summed E-state index contributed by atoms with van der Waals surface area (Å²) >= 11 is 0. The topological polar surface area (TPSA) is 50.1 Å². The SMILES string of the molecule is Cc1cc(F)ccc1C(O)CNC(C)c1ccc(-n2cccn2)cc1. The number of aromatic nitrogens is 2. The molecule has 1 heterocycles. The molecule has 0 bridgehead atoms. The van der Waals surface area contributed by atoms with Crippen molar-refractivity contribution in [3.63, 3.8) is 0 Å². The summed E-state index contributed by atoms with van der Waals surface area (Å²) in [6.45, 7) is 4.25. The Morgan fingerprint density at radius 2 is 1.96 bits per heavy atom. The Morgan fingerprint density at radius 3 is 2.60 bits per heavy atom. The molecule has 3 rings (SSSR count). The number of aryl methyl sites for hydroxylation is 1. The minimum Gasteiger partial charge on any atom is -0.387 e. The van der Waals surface area contributed by atoms with Crippen molar-refractivity contribution in [2.45, 2.75) is 26.0 Å². The largest absolute Gasteiger partial charge is 0.387 e. The van der Waals surface area contributed by atoms with E-state index >= 15 is 0 Å². The summed E-state index contributed by atoms with van der Waals surface area (Å²) in [5.41, 5.74) is 3.63. The van der Waals surface area contributed by atoms with E-state index in [1.54, 1.807) is 19.2 Å². The molecule has 2 aromatic carbocycles. The molecule has 0 saturated heterocycles. The van der Waals surface area contributed by atoms with Crippen LogP contribution in [0.1, 0.15) is 35.8 Å². The lowest BCUT2D eigenvalue weighted by Gasteiger charge is -2.19. The third-order valence-electron chi connectivity index (χ3n) is 4.37. The smallest absolute Gasteiger partial charge is 0.123 e. The molecule has 0 amide bonds. The van der Waals surface area contributed by atoms with Crippen LogP contribution in [0.15, 0.2) is 60.9 Å². The predicted molar refractivity (Wildman–Crippen MR) is 96.1 cm³/mol. The summed E-state index contributed by atoms with van der Waals surface area (Å²) in [5.74, 6) is -0.285. The molecule has 2 atom stereocenters. The predicted octanol–water partition coefficient (Wildman–Crippen LogP) is 3.70. The Kier molecular flexibility index (Phi) is 5.26. The zero-order valence-electron chi connectivity index (χ0n) is 14.4. The highest BCUT2D eigenvalue weighted by atomic mass is 19.1. The van der Waals surface area contributed by atoms with Crippen LogP contribution in [-0.2, 0) is 0 Å². The number of rotatable bonds is 6. The van der Waals surface area contributed by atoms with Gasteiger partial charge < -0.3 is 10.4 Å². The standard InChI is InChI=1S/C20H22FN3O/c1-14-12-17(21)6-9-19(14)20(25)13-22-15(2)16-4-7-18(8-5-16)24-11-3-10-23-24/h3-12,15,20,22,25H,13H2,1-2H3. The highest BCUT2D eigenvalue weighted by Crippen LogP contribution is 2.20. The van der Waals surface area contributed by atoms with E-state index in [4.69, 9.17) is 0 Å². The van der Waals surface area contributed by atoms with Gasteiger partial charge in [0.25, 0.3) is 0 Å². The number of nitrogens with one attached hydrogen (secondary N) is 1. The van der Waals surface area contributed by atoms with E-state index in [-0.39, 0.29) is 11.9 Å². The number of aliphatic hydroxyl groups excluding tert-OH is 1. The second-order valence-electron chi connectivity index (χ2n) is 6.19. The Morgan fingerprint density at radius 1 is 1.20 bits per heavy atom. The second kappa shape index (κ2) is 7.59. The van der Waals surface area contributed by atoms with E-state index in [0.717, 1.165) is 22.4 Å². The van der Waals surface area contributed by atoms with Crippen LogP contribution in [0, 0.1) is 12.7 Å². The maximum atomic E-state index is 13.2. The van der Waals surface area contributed by atoms with E-state index in [1.165, 1.54) is 12.1 Å². The molecular formula is C20H22FN3O. The quantitative estimate of drug-likeness (QED) is 0.720. The van der Waals surface area contributed by atoms with E-state index in [1.807, 2.05) is 48.1 Å². The minimum atomic E-state index is -0.675. The molecule has 2 N–H and O–H groups in total. The van der Waals surface area contributed by atoms with Gasteiger partial charge in [-0.25, -0.2) is 9.07 Å². The van der Waals surface area contributed by atoms with Gasteiger partial charge in [-0.3, -0.25) is 0 Å². The first-order valence-corrected chi connectivity index (χ1v) is 8.32. The molecule has 0 aliphatic carbocycles. The third-order valence-corrected chi connectivity index (χ3v) is 4.37. The van der Waals surface area contributed by atoms with Gasteiger partial charge in [-0.15, -0.1) is 0 Å². The van der Waals surface area contributed by atoms with Gasteiger partial charge in [0.05, 0.1) is 11.8 Å². The Balaban J connectivity index is 1.61. The number of halogens is 1. The lowest BCUT2D eigenvalue weighted by molar-refractivity contribution is 0.170. The minimum absolute atomic E-state index is 0.0853. The van der Waals surface area contributed by atoms with E-state index in [2.05, 4.69) is 10.4 Å². The van der Waals surface area contributed by atoms with Crippen molar-refractivity contribution >= 4 is 0 Å². The van der Waals surface area contributed by atoms with Crippen LogP contribution in [0.2, 0.25) is 0 Å². The highest BCUT2D eigenvalue weighted by Gasteiger charge is 2.13. The van der Waals surface area contributed by atoms with Crippen LogP contribution < -0.4 is 5.32 Å². The fourth-order valence-corrected chi connectivity index (χ4v) is 2.87. The summed E-state index contributed by atoms with van der Waals surface area (Å²) in [5, 5.41) is 17.9. The first-order valence-electron chi connectivity index (χ1n) is 8.32. The third kappa shape index (κ3) is 4.13. The normalized spacial score (nSPS) is 13.6. The summed E-state index contributed by atoms with van der Waals surface area (Å²) in [7, 11) is 0. The van der Waals surface area contributed by atoms with E-state index in [0.29, 0.717) is 6.54 Å². The molecule has 0 aliphatic heterocycles. The van der Waals surface area contributed by atoms with Crippen LogP contribution in [0.25, 0.3) is 5.69 Å². The Bertz CT molecular complexity index is 815. The first-order chi connectivity index (χ1) is 12.0. The van der Waals surface area contributed by atoms with Gasteiger partial charge in [0.2, 0.25) is 0 Å². The van der Waals surface area contributed by atoms with Crippen molar-refractivity contribution in [1.29, 1.82) is 0 Å². The van der Waals surface area contributed by atoms with Gasteiger partial charge in [-0.05, 0) is 60.9 Å². The van der Waals surface area contributed by atoms with Gasteiger partial charge in [-0.1, -0.05) is 18.2 Å². The molecule has 130 valence electrons. The number of hydrogen-bond donors (Lipinski definition) is 2. The van der Waals surface area contributed by atoms with Crippen molar-refractivity contribution in [2.75, 3.05) is 6.54 Å². The van der Waals surface area contributed by atoms with Crippen LogP contribution in [-0.4, -0.2) is 21.4 Å². The maximum Gasteiger partial charge on any atom is 0.123 e. The molecule has 5 heteroatoms. The number of aliphatic hydroxyl groups is 1. The van der Waals surface area contributed by atoms with E-state index < -0.39 is 6.10 Å². The summed E-state index contributed by atoms with van der Waals surface area (Å²) in [6.07, 6.45) is 2.97. The molecule has 1 aromatic heterocycles. The second-order valence-corrected chi connectivity index (χ2v) is 6.19. The van der Waals surface area contributed by atoms with Crippen molar-refractivity contribution in [1.82, 2.24) is 15.1 Å². The molecule has 0 aliphatic rings. The van der Waals surface area contributed by atoms with Crippen molar-refractivity contribution < 1.29 is 9.50 Å². The van der Waals surface area contributed by atoms with Crippen LogP contribution in [0.3, 0.4) is 0 Å². The molecule has 2 unspecified atom stereocenters. The zero-order valence-corrected chi connectivity index (χ0v) is 14.4. The van der Waals surface area contributed by atoms with Gasteiger partial charge in [0, 0.05) is 25.0 Å². The van der Waals surface area contributed by atoms with Gasteiger partial charge >= 0.3 is 0 Å². The van der Waals surface area contributed by atoms with Crippen molar-refractivity contribution in [3.8, 4) is 5.69 Å². The number of hydrogen-bond acceptors (Lipinski definition) is 3.